The van der Waals surface area contributed by atoms with Crippen LogP contribution < -0.4 is 20.3 Å². The summed E-state index contributed by atoms with van der Waals surface area (Å²) < 4.78 is 10.9. The van der Waals surface area contributed by atoms with Gasteiger partial charge in [0.05, 0.1) is 32.1 Å². The van der Waals surface area contributed by atoms with Gasteiger partial charge in [-0.15, -0.1) is 11.3 Å². The lowest BCUT2D eigenvalue weighted by molar-refractivity contribution is -0.139. The largest absolute Gasteiger partial charge is 0.495 e. The van der Waals surface area contributed by atoms with E-state index >= 15 is 0 Å². The summed E-state index contributed by atoms with van der Waals surface area (Å²) in [5.74, 6) is -0.291. The molecular formula is C26H37N5O4S. The SMILES string of the molecule is COc1ccccc1N1CCN([C@H](c2cccs2)[C@H](C)NC(=O)C(=O)NCCN2CCOCC2)CC1. The number of thiophene rings is 1. The summed E-state index contributed by atoms with van der Waals surface area (Å²) in [6.45, 7) is 9.65. The van der Waals surface area contributed by atoms with Crippen molar-refractivity contribution < 1.29 is 19.1 Å². The summed E-state index contributed by atoms with van der Waals surface area (Å²) in [5, 5.41) is 7.78. The molecule has 9 nitrogen and oxygen atoms in total. The molecule has 2 aliphatic heterocycles. The Labute approximate surface area is 217 Å². The van der Waals surface area contributed by atoms with E-state index in [0.29, 0.717) is 26.3 Å². The van der Waals surface area contributed by atoms with Gasteiger partial charge in [0, 0.05) is 63.3 Å². The van der Waals surface area contributed by atoms with Gasteiger partial charge in [0.25, 0.3) is 0 Å². The Balaban J connectivity index is 1.32. The van der Waals surface area contributed by atoms with Gasteiger partial charge in [0.15, 0.2) is 0 Å². The molecule has 0 spiro atoms. The van der Waals surface area contributed by atoms with Crippen LogP contribution in [-0.2, 0) is 14.3 Å². The Kier molecular flexibility index (Phi) is 9.57. The minimum atomic E-state index is -0.585. The number of rotatable bonds is 9. The highest BCUT2D eigenvalue weighted by Crippen LogP contribution is 2.32. The van der Waals surface area contributed by atoms with Crippen molar-refractivity contribution in [2.45, 2.75) is 19.0 Å². The summed E-state index contributed by atoms with van der Waals surface area (Å²) in [6.07, 6.45) is 0. The summed E-state index contributed by atoms with van der Waals surface area (Å²) in [6, 6.07) is 12.0. The van der Waals surface area contributed by atoms with E-state index in [9.17, 15) is 9.59 Å². The minimum Gasteiger partial charge on any atom is -0.495 e. The molecule has 1 aromatic heterocycles. The first-order valence-corrected chi connectivity index (χ1v) is 13.5. The molecule has 2 fully saturated rings. The molecule has 3 heterocycles. The van der Waals surface area contributed by atoms with Crippen LogP contribution in [0.5, 0.6) is 5.75 Å². The molecule has 0 unspecified atom stereocenters. The summed E-state index contributed by atoms with van der Waals surface area (Å²) in [5.41, 5.74) is 1.10. The van der Waals surface area contributed by atoms with E-state index in [1.165, 1.54) is 4.88 Å². The number of nitrogens with zero attached hydrogens (tertiary/aromatic N) is 3. The third-order valence-corrected chi connectivity index (χ3v) is 7.77. The average Bonchev–Trinajstić information content (AvgIpc) is 3.44. The zero-order valence-corrected chi connectivity index (χ0v) is 22.0. The number of anilines is 1. The predicted octanol–water partition coefficient (Wildman–Crippen LogP) is 1.57. The van der Waals surface area contributed by atoms with Crippen LogP contribution in [0.15, 0.2) is 41.8 Å². The van der Waals surface area contributed by atoms with E-state index in [1.54, 1.807) is 18.4 Å². The Morgan fingerprint density at radius 1 is 1.03 bits per heavy atom. The first kappa shape index (κ1) is 26.4. The van der Waals surface area contributed by atoms with Gasteiger partial charge in [0.2, 0.25) is 0 Å². The lowest BCUT2D eigenvalue weighted by atomic mass is 10.0. The highest BCUT2D eigenvalue weighted by atomic mass is 32.1. The number of carbonyl (C=O) groups excluding carboxylic acids is 2. The second-order valence-corrected chi connectivity index (χ2v) is 10.1. The van der Waals surface area contributed by atoms with Crippen LogP contribution in [0.4, 0.5) is 5.69 Å². The van der Waals surface area contributed by atoms with Crippen molar-refractivity contribution >= 4 is 28.8 Å². The number of morpholine rings is 1. The summed E-state index contributed by atoms with van der Waals surface area (Å²) >= 11 is 1.68. The number of benzene rings is 1. The molecule has 4 rings (SSSR count). The fourth-order valence-corrected chi connectivity index (χ4v) is 5.88. The van der Waals surface area contributed by atoms with Crippen molar-refractivity contribution in [2.75, 3.05) is 77.6 Å². The highest BCUT2D eigenvalue weighted by molar-refractivity contribution is 7.10. The van der Waals surface area contributed by atoms with Crippen LogP contribution in [0.2, 0.25) is 0 Å². The minimum absolute atomic E-state index is 0.00470. The summed E-state index contributed by atoms with van der Waals surface area (Å²) in [7, 11) is 1.70. The van der Waals surface area contributed by atoms with Crippen molar-refractivity contribution in [3.8, 4) is 5.75 Å². The number of carbonyl (C=O) groups is 2. The highest BCUT2D eigenvalue weighted by Gasteiger charge is 2.32. The number of methoxy groups -OCH3 is 1. The molecule has 2 aliphatic rings. The van der Waals surface area contributed by atoms with Crippen LogP contribution in [0.3, 0.4) is 0 Å². The number of piperazine rings is 1. The maximum absolute atomic E-state index is 12.7. The van der Waals surface area contributed by atoms with Crippen LogP contribution in [0.25, 0.3) is 0 Å². The van der Waals surface area contributed by atoms with Crippen molar-refractivity contribution in [2.24, 2.45) is 0 Å². The van der Waals surface area contributed by atoms with Gasteiger partial charge >= 0.3 is 11.8 Å². The number of amides is 2. The molecule has 1 aromatic carbocycles. The van der Waals surface area contributed by atoms with Gasteiger partial charge in [-0.25, -0.2) is 0 Å². The maximum atomic E-state index is 12.7. The standard InChI is InChI=1S/C26H37N5O4S/c1-20(28-26(33)25(32)27-9-10-29-15-17-35-18-16-29)24(23-8-5-19-36-23)31-13-11-30(12-14-31)21-6-3-4-7-22(21)34-2/h3-8,19-20,24H,9-18H2,1-2H3,(H,27,32)(H,28,33)/t20-,24-/m0/s1. The average molecular weight is 516 g/mol. The molecule has 196 valence electrons. The zero-order chi connectivity index (χ0) is 25.3. The molecule has 2 saturated heterocycles. The molecule has 0 aliphatic carbocycles. The smallest absolute Gasteiger partial charge is 0.309 e. The van der Waals surface area contributed by atoms with Crippen molar-refractivity contribution in [3.63, 3.8) is 0 Å². The van der Waals surface area contributed by atoms with Crippen molar-refractivity contribution in [1.82, 2.24) is 20.4 Å². The molecular weight excluding hydrogens is 478 g/mol. The lowest BCUT2D eigenvalue weighted by Gasteiger charge is -2.42. The maximum Gasteiger partial charge on any atom is 0.309 e. The molecule has 2 atom stereocenters. The molecule has 0 saturated carbocycles. The first-order valence-electron chi connectivity index (χ1n) is 12.6. The third kappa shape index (κ3) is 6.76. The monoisotopic (exact) mass is 515 g/mol. The number of ether oxygens (including phenoxy) is 2. The Morgan fingerprint density at radius 3 is 2.47 bits per heavy atom. The Bertz CT molecular complexity index is 974. The van der Waals surface area contributed by atoms with Gasteiger partial charge in [-0.3, -0.25) is 19.4 Å². The molecule has 2 N–H and O–H groups in total. The molecule has 2 amide bonds. The fraction of sp³-hybridized carbons (Fsp3) is 0.538. The third-order valence-electron chi connectivity index (χ3n) is 6.82. The van der Waals surface area contributed by atoms with E-state index in [4.69, 9.17) is 9.47 Å². The van der Waals surface area contributed by atoms with Gasteiger partial charge in [-0.1, -0.05) is 18.2 Å². The first-order chi connectivity index (χ1) is 17.6. The van der Waals surface area contributed by atoms with E-state index in [0.717, 1.165) is 50.7 Å². The predicted molar refractivity (Wildman–Crippen MR) is 142 cm³/mol. The molecule has 10 heteroatoms. The molecule has 2 aromatic rings. The van der Waals surface area contributed by atoms with Crippen LogP contribution in [0.1, 0.15) is 17.8 Å². The van der Waals surface area contributed by atoms with E-state index < -0.39 is 11.8 Å². The van der Waals surface area contributed by atoms with Gasteiger partial charge < -0.3 is 25.0 Å². The topological polar surface area (TPSA) is 86.4 Å². The van der Waals surface area contributed by atoms with Crippen LogP contribution >= 0.6 is 11.3 Å². The second kappa shape index (κ2) is 13.0. The Morgan fingerprint density at radius 2 is 1.78 bits per heavy atom. The number of hydrogen-bond donors (Lipinski definition) is 2. The quantitative estimate of drug-likeness (QED) is 0.491. The summed E-state index contributed by atoms with van der Waals surface area (Å²) in [4.78, 5) is 33.3. The van der Waals surface area contributed by atoms with E-state index in [-0.39, 0.29) is 12.1 Å². The number of nitrogens with one attached hydrogen (secondary N) is 2. The van der Waals surface area contributed by atoms with Crippen LogP contribution in [0, 0.1) is 0 Å². The van der Waals surface area contributed by atoms with Crippen molar-refractivity contribution in [1.29, 1.82) is 0 Å². The van der Waals surface area contributed by atoms with Gasteiger partial charge in [0.1, 0.15) is 5.75 Å². The van der Waals surface area contributed by atoms with Gasteiger partial charge in [-0.05, 0) is 30.5 Å². The van der Waals surface area contributed by atoms with E-state index in [2.05, 4.69) is 42.8 Å². The van der Waals surface area contributed by atoms with Gasteiger partial charge in [-0.2, -0.15) is 0 Å². The number of hydrogen-bond acceptors (Lipinski definition) is 8. The molecule has 0 radical (unpaired) electrons. The number of para-hydroxylation sites is 2. The van der Waals surface area contributed by atoms with Crippen molar-refractivity contribution in [3.05, 3.63) is 46.7 Å². The second-order valence-electron chi connectivity index (χ2n) is 9.13. The molecule has 0 bridgehead atoms. The normalized spacial score (nSPS) is 18.9. The molecule has 36 heavy (non-hydrogen) atoms. The fourth-order valence-electron chi connectivity index (χ4n) is 4.92. The van der Waals surface area contributed by atoms with Crippen LogP contribution in [-0.4, -0.2) is 100 Å². The lowest BCUT2D eigenvalue weighted by Crippen LogP contribution is -2.54. The Hall–Kier alpha value is -2.66. The van der Waals surface area contributed by atoms with E-state index in [1.807, 2.05) is 31.2 Å². The zero-order valence-electron chi connectivity index (χ0n) is 21.2.